The van der Waals surface area contributed by atoms with Crippen molar-refractivity contribution in [1.29, 1.82) is 0 Å². The lowest BCUT2D eigenvalue weighted by Crippen LogP contribution is -2.40. The zero-order chi connectivity index (χ0) is 23.1. The van der Waals surface area contributed by atoms with E-state index in [0.29, 0.717) is 24.8 Å². The van der Waals surface area contributed by atoms with Crippen LogP contribution >= 0.6 is 0 Å². The van der Waals surface area contributed by atoms with Crippen LogP contribution in [0.25, 0.3) is 0 Å². The van der Waals surface area contributed by atoms with Gasteiger partial charge in [0, 0.05) is 31.3 Å². The molecule has 0 atom stereocenters. The quantitative estimate of drug-likeness (QED) is 0.549. The van der Waals surface area contributed by atoms with E-state index >= 15 is 0 Å². The van der Waals surface area contributed by atoms with Gasteiger partial charge in [0.1, 0.15) is 6.10 Å². The molecule has 2 saturated carbocycles. The molecule has 1 heterocycles. The van der Waals surface area contributed by atoms with Crippen molar-refractivity contribution in [2.75, 3.05) is 19.6 Å². The second kappa shape index (κ2) is 11.8. The number of amides is 1. The average molecular weight is 457 g/mol. The van der Waals surface area contributed by atoms with E-state index in [1.54, 1.807) is 0 Å². The van der Waals surface area contributed by atoms with Crippen molar-refractivity contribution in [2.45, 2.75) is 76.9 Å². The average Bonchev–Trinajstić information content (AvgIpc) is 3.54. The van der Waals surface area contributed by atoms with Crippen LogP contribution in [0, 0.1) is 29.3 Å². The number of piperidine rings is 1. The minimum absolute atomic E-state index is 0.0818. The zero-order valence-corrected chi connectivity index (χ0v) is 18.8. The molecule has 180 valence electrons. The molecule has 3 aliphatic rings. The monoisotopic (exact) mass is 456 g/mol. The van der Waals surface area contributed by atoms with Crippen molar-refractivity contribution in [3.05, 3.63) is 29.6 Å². The zero-order valence-electron chi connectivity index (χ0n) is 18.8. The molecule has 1 aromatic rings. The first kappa shape index (κ1) is 24.7. The Morgan fingerprint density at radius 2 is 1.59 bits per heavy atom. The van der Waals surface area contributed by atoms with E-state index in [9.17, 15) is 18.0 Å². The number of likely N-dealkylation sites (tertiary alicyclic amines) is 1. The molecule has 0 aromatic heterocycles. The van der Waals surface area contributed by atoms with Gasteiger partial charge in [-0.05, 0) is 63.3 Å². The second-order valence-corrected chi connectivity index (χ2v) is 9.49. The molecule has 0 bridgehead atoms. The summed E-state index contributed by atoms with van der Waals surface area (Å²) in [6.45, 7) is 4.91. The molecule has 1 saturated heterocycles. The fourth-order valence-electron chi connectivity index (χ4n) is 4.33. The first-order valence-electron chi connectivity index (χ1n) is 11.8. The van der Waals surface area contributed by atoms with E-state index in [4.69, 9.17) is 9.84 Å². The summed E-state index contributed by atoms with van der Waals surface area (Å²) in [6, 6.07) is 1.37. The molecule has 0 unspecified atom stereocenters. The van der Waals surface area contributed by atoms with Gasteiger partial charge in [-0.2, -0.15) is 0 Å². The van der Waals surface area contributed by atoms with Gasteiger partial charge in [-0.15, -0.1) is 0 Å². The molecule has 1 amide bonds. The number of hydrogen-bond acceptors (Lipinski definition) is 3. The molecule has 0 spiro atoms. The maximum absolute atomic E-state index is 13.7. The van der Waals surface area contributed by atoms with E-state index in [1.807, 2.05) is 0 Å². The van der Waals surface area contributed by atoms with E-state index in [0.717, 1.165) is 63.7 Å². The van der Waals surface area contributed by atoms with Crippen molar-refractivity contribution in [1.82, 2.24) is 10.2 Å². The molecule has 1 aliphatic heterocycles. The predicted octanol–water partition coefficient (Wildman–Crippen LogP) is 5.58. The highest BCUT2D eigenvalue weighted by Gasteiger charge is 2.25. The van der Waals surface area contributed by atoms with Gasteiger partial charge in [0.2, 0.25) is 0 Å². The van der Waals surface area contributed by atoms with Crippen molar-refractivity contribution < 1.29 is 27.8 Å². The summed E-state index contributed by atoms with van der Waals surface area (Å²) in [4.78, 5) is 13.0. The highest BCUT2D eigenvalue weighted by Crippen LogP contribution is 2.29. The van der Waals surface area contributed by atoms with Crippen molar-refractivity contribution >= 4 is 6.09 Å². The van der Waals surface area contributed by atoms with Crippen molar-refractivity contribution in [2.24, 2.45) is 11.8 Å². The van der Waals surface area contributed by atoms with Crippen molar-refractivity contribution in [3.63, 3.8) is 0 Å². The number of nitrogens with zero attached hydrogens (tertiary/aromatic N) is 1. The molecule has 8 heteroatoms. The topological polar surface area (TPSA) is 61.8 Å². The number of benzene rings is 1. The SMILES string of the molecule is CC1CC1.O=C(O)NC1CCC(CCN2CCC(Oc3cc(F)c(F)cc3F)CC2)CC1. The number of carboxylic acid groups (broad SMARTS) is 1. The van der Waals surface area contributed by atoms with Gasteiger partial charge in [-0.1, -0.05) is 19.8 Å². The first-order valence-corrected chi connectivity index (χ1v) is 11.8. The van der Waals surface area contributed by atoms with Crippen LogP contribution in [0.15, 0.2) is 12.1 Å². The maximum atomic E-state index is 13.7. The summed E-state index contributed by atoms with van der Waals surface area (Å²) >= 11 is 0. The first-order chi connectivity index (χ1) is 15.3. The maximum Gasteiger partial charge on any atom is 0.404 e. The summed E-state index contributed by atoms with van der Waals surface area (Å²) in [6.07, 6.45) is 8.22. The Morgan fingerprint density at radius 1 is 1.00 bits per heavy atom. The van der Waals surface area contributed by atoms with Gasteiger partial charge in [-0.3, -0.25) is 0 Å². The Kier molecular flexibility index (Phi) is 9.08. The molecule has 4 rings (SSSR count). The third kappa shape index (κ3) is 8.19. The standard InChI is InChI=1S/C20H27F3N2O3.C4H8/c21-16-11-18(23)19(12-17(16)22)28-15-6-9-25(10-7-15)8-5-13-1-3-14(4-2-13)24-20(26)27;1-4-2-3-4/h11-15,24H,1-10H2,(H,26,27);4H,2-3H2,1H3. The minimum atomic E-state index is -1.22. The molecule has 2 aliphatic carbocycles. The van der Waals surface area contributed by atoms with Gasteiger partial charge < -0.3 is 20.1 Å². The highest BCUT2D eigenvalue weighted by atomic mass is 19.2. The number of carbonyl (C=O) groups is 1. The fraction of sp³-hybridized carbons (Fsp3) is 0.708. The molecule has 1 aromatic carbocycles. The van der Waals surface area contributed by atoms with E-state index in [-0.39, 0.29) is 17.9 Å². The normalized spacial score (nSPS) is 24.4. The molecule has 0 radical (unpaired) electrons. The predicted molar refractivity (Wildman–Crippen MR) is 116 cm³/mol. The van der Waals surface area contributed by atoms with Crippen LogP contribution < -0.4 is 10.1 Å². The number of hydrogen-bond donors (Lipinski definition) is 2. The molecular formula is C24H35F3N2O3. The Bertz CT molecular complexity index is 744. The number of ether oxygens (including phenoxy) is 1. The molecule has 32 heavy (non-hydrogen) atoms. The minimum Gasteiger partial charge on any atom is -0.487 e. The molecular weight excluding hydrogens is 421 g/mol. The summed E-state index contributed by atoms with van der Waals surface area (Å²) in [5, 5.41) is 11.3. The van der Waals surface area contributed by atoms with Gasteiger partial charge in [-0.25, -0.2) is 18.0 Å². The third-order valence-electron chi connectivity index (χ3n) is 6.70. The summed E-state index contributed by atoms with van der Waals surface area (Å²) < 4.78 is 45.5. The van der Waals surface area contributed by atoms with Crippen LogP contribution in [0.5, 0.6) is 5.75 Å². The number of halogens is 3. The fourth-order valence-corrected chi connectivity index (χ4v) is 4.33. The Labute approximate surface area is 188 Å². The van der Waals surface area contributed by atoms with E-state index in [1.165, 1.54) is 12.8 Å². The third-order valence-corrected chi connectivity index (χ3v) is 6.70. The summed E-state index contributed by atoms with van der Waals surface area (Å²) in [7, 11) is 0. The van der Waals surface area contributed by atoms with Crippen LogP contribution in [-0.2, 0) is 0 Å². The number of nitrogens with one attached hydrogen (secondary N) is 1. The Morgan fingerprint density at radius 3 is 2.16 bits per heavy atom. The highest BCUT2D eigenvalue weighted by molar-refractivity contribution is 5.64. The van der Waals surface area contributed by atoms with E-state index < -0.39 is 23.5 Å². The Balaban J connectivity index is 0.000000650. The van der Waals surface area contributed by atoms with Gasteiger partial charge in [0.15, 0.2) is 23.2 Å². The summed E-state index contributed by atoms with van der Waals surface area (Å²) in [5.41, 5.74) is 0. The van der Waals surface area contributed by atoms with E-state index in [2.05, 4.69) is 17.1 Å². The lowest BCUT2D eigenvalue weighted by atomic mass is 9.84. The molecule has 3 fully saturated rings. The van der Waals surface area contributed by atoms with Crippen LogP contribution in [0.2, 0.25) is 0 Å². The van der Waals surface area contributed by atoms with Crippen LogP contribution in [0.3, 0.4) is 0 Å². The molecule has 2 N–H and O–H groups in total. The van der Waals surface area contributed by atoms with Gasteiger partial charge in [0.05, 0.1) is 0 Å². The second-order valence-electron chi connectivity index (χ2n) is 9.49. The van der Waals surface area contributed by atoms with Crippen molar-refractivity contribution in [3.8, 4) is 5.75 Å². The smallest absolute Gasteiger partial charge is 0.404 e. The lowest BCUT2D eigenvalue weighted by molar-refractivity contribution is 0.0913. The van der Waals surface area contributed by atoms with Crippen LogP contribution in [-0.4, -0.2) is 47.9 Å². The lowest BCUT2D eigenvalue weighted by Gasteiger charge is -2.34. The molecule has 5 nitrogen and oxygen atoms in total. The summed E-state index contributed by atoms with van der Waals surface area (Å²) in [5.74, 6) is -1.73. The largest absolute Gasteiger partial charge is 0.487 e. The Hall–Kier alpha value is -1.96. The van der Waals surface area contributed by atoms with Gasteiger partial charge >= 0.3 is 6.09 Å². The van der Waals surface area contributed by atoms with Crippen LogP contribution in [0.1, 0.15) is 64.7 Å². The number of rotatable bonds is 6. The van der Waals surface area contributed by atoms with Gasteiger partial charge in [0.25, 0.3) is 0 Å². The van der Waals surface area contributed by atoms with Crippen LogP contribution in [0.4, 0.5) is 18.0 Å².